The first-order chi connectivity index (χ1) is 10.8. The van der Waals surface area contributed by atoms with E-state index in [1.807, 2.05) is 0 Å². The van der Waals surface area contributed by atoms with Gasteiger partial charge in [0.05, 0.1) is 18.8 Å². The summed E-state index contributed by atoms with van der Waals surface area (Å²) in [6.07, 6.45) is 2.73. The number of methoxy groups -OCH3 is 2. The van der Waals surface area contributed by atoms with Gasteiger partial charge in [-0.3, -0.25) is 4.99 Å². The monoisotopic (exact) mass is 445 g/mol. The van der Waals surface area contributed by atoms with Crippen LogP contribution >= 0.6 is 24.0 Å². The first-order valence-corrected chi connectivity index (χ1v) is 7.90. The Bertz CT molecular complexity index is 313. The fourth-order valence-electron chi connectivity index (χ4n) is 2.29. The molecule has 1 fully saturated rings. The summed E-state index contributed by atoms with van der Waals surface area (Å²) in [5.74, 6) is 0.791. The molecule has 0 bridgehead atoms. The average Bonchev–Trinajstić information content (AvgIpc) is 2.57. The van der Waals surface area contributed by atoms with E-state index in [2.05, 4.69) is 15.6 Å². The standard InChI is InChI=1S/C15H31N3O4.HI/c1-16-14(17-7-4-8-21-12-11-19-2)18-13-15(20-3)5-9-22-10-6-15;/h4-13H2,1-3H3,(H2,16,17,18);1H. The molecule has 1 aliphatic rings. The third kappa shape index (κ3) is 9.65. The summed E-state index contributed by atoms with van der Waals surface area (Å²) in [6, 6.07) is 0. The summed E-state index contributed by atoms with van der Waals surface area (Å²) in [6.45, 7) is 5.04. The Kier molecular flexibility index (Phi) is 14.1. The number of halogens is 1. The van der Waals surface area contributed by atoms with Crippen LogP contribution in [0.25, 0.3) is 0 Å². The third-order valence-electron chi connectivity index (χ3n) is 3.83. The highest BCUT2D eigenvalue weighted by molar-refractivity contribution is 14.0. The Morgan fingerprint density at radius 2 is 1.87 bits per heavy atom. The van der Waals surface area contributed by atoms with Gasteiger partial charge in [0.2, 0.25) is 0 Å². The van der Waals surface area contributed by atoms with Crippen LogP contribution in [0.15, 0.2) is 4.99 Å². The number of hydrogen-bond acceptors (Lipinski definition) is 5. The highest BCUT2D eigenvalue weighted by Gasteiger charge is 2.32. The molecular weight excluding hydrogens is 413 g/mol. The molecule has 0 aliphatic carbocycles. The van der Waals surface area contributed by atoms with E-state index in [0.29, 0.717) is 19.8 Å². The van der Waals surface area contributed by atoms with Crippen LogP contribution in [0, 0.1) is 0 Å². The topological polar surface area (TPSA) is 73.3 Å². The largest absolute Gasteiger partial charge is 0.382 e. The molecule has 0 atom stereocenters. The number of aliphatic imine (C=N–C) groups is 1. The number of nitrogens with zero attached hydrogens (tertiary/aromatic N) is 1. The number of nitrogens with one attached hydrogen (secondary N) is 2. The minimum atomic E-state index is -0.154. The van der Waals surface area contributed by atoms with Gasteiger partial charge in [0.25, 0.3) is 0 Å². The lowest BCUT2D eigenvalue weighted by Gasteiger charge is -2.36. The fraction of sp³-hybridized carbons (Fsp3) is 0.933. The van der Waals surface area contributed by atoms with Crippen LogP contribution < -0.4 is 10.6 Å². The summed E-state index contributed by atoms with van der Waals surface area (Å²) < 4.78 is 21.4. The van der Waals surface area contributed by atoms with Gasteiger partial charge < -0.3 is 29.6 Å². The normalized spacial score (nSPS) is 17.4. The van der Waals surface area contributed by atoms with Crippen molar-refractivity contribution >= 4 is 29.9 Å². The molecule has 8 heteroatoms. The zero-order valence-corrected chi connectivity index (χ0v) is 16.9. The van der Waals surface area contributed by atoms with E-state index in [-0.39, 0.29) is 29.6 Å². The van der Waals surface area contributed by atoms with Crippen LogP contribution in [-0.4, -0.2) is 79.0 Å². The molecule has 1 saturated heterocycles. The maximum absolute atomic E-state index is 5.70. The van der Waals surface area contributed by atoms with Crippen LogP contribution in [0.2, 0.25) is 0 Å². The van der Waals surface area contributed by atoms with Gasteiger partial charge in [0.15, 0.2) is 5.96 Å². The van der Waals surface area contributed by atoms with Crippen molar-refractivity contribution in [3.63, 3.8) is 0 Å². The molecule has 0 amide bonds. The number of rotatable bonds is 10. The molecule has 1 aliphatic heterocycles. The van der Waals surface area contributed by atoms with E-state index in [1.54, 1.807) is 21.3 Å². The maximum Gasteiger partial charge on any atom is 0.191 e. The molecule has 0 aromatic heterocycles. The van der Waals surface area contributed by atoms with Crippen molar-refractivity contribution in [2.45, 2.75) is 24.9 Å². The molecule has 138 valence electrons. The molecule has 0 spiro atoms. The highest BCUT2D eigenvalue weighted by atomic mass is 127. The van der Waals surface area contributed by atoms with Crippen LogP contribution in [0.1, 0.15) is 19.3 Å². The first-order valence-electron chi connectivity index (χ1n) is 7.90. The van der Waals surface area contributed by atoms with E-state index in [9.17, 15) is 0 Å². The molecule has 7 nitrogen and oxygen atoms in total. The molecule has 0 aromatic rings. The highest BCUT2D eigenvalue weighted by Crippen LogP contribution is 2.23. The molecule has 0 radical (unpaired) electrons. The van der Waals surface area contributed by atoms with Crippen LogP contribution in [0.5, 0.6) is 0 Å². The van der Waals surface area contributed by atoms with Crippen molar-refractivity contribution < 1.29 is 18.9 Å². The van der Waals surface area contributed by atoms with Crippen molar-refractivity contribution in [1.29, 1.82) is 0 Å². The smallest absolute Gasteiger partial charge is 0.191 e. The molecule has 1 heterocycles. The lowest BCUT2D eigenvalue weighted by atomic mass is 9.94. The van der Waals surface area contributed by atoms with Gasteiger partial charge >= 0.3 is 0 Å². The third-order valence-corrected chi connectivity index (χ3v) is 3.83. The van der Waals surface area contributed by atoms with E-state index in [0.717, 1.165) is 51.5 Å². The first kappa shape index (κ1) is 22.8. The zero-order chi connectivity index (χ0) is 16.1. The summed E-state index contributed by atoms with van der Waals surface area (Å²) in [4.78, 5) is 4.23. The Morgan fingerprint density at radius 1 is 1.13 bits per heavy atom. The SMILES string of the molecule is CN=C(NCCCOCCOC)NCC1(OC)CCOCC1.I. The maximum atomic E-state index is 5.70. The lowest BCUT2D eigenvalue weighted by molar-refractivity contribution is -0.0855. The summed E-state index contributed by atoms with van der Waals surface area (Å²) >= 11 is 0. The molecule has 0 saturated carbocycles. The predicted molar refractivity (Wildman–Crippen MR) is 102 cm³/mol. The second-order valence-electron chi connectivity index (χ2n) is 5.31. The number of ether oxygens (including phenoxy) is 4. The fourth-order valence-corrected chi connectivity index (χ4v) is 2.29. The van der Waals surface area contributed by atoms with Gasteiger partial charge in [-0.15, -0.1) is 24.0 Å². The average molecular weight is 445 g/mol. The second-order valence-corrected chi connectivity index (χ2v) is 5.31. The van der Waals surface area contributed by atoms with Crippen molar-refractivity contribution in [2.24, 2.45) is 4.99 Å². The van der Waals surface area contributed by atoms with Crippen molar-refractivity contribution in [2.75, 3.05) is 67.4 Å². The number of guanidine groups is 1. The van der Waals surface area contributed by atoms with E-state index in [4.69, 9.17) is 18.9 Å². The quantitative estimate of drug-likeness (QED) is 0.227. The van der Waals surface area contributed by atoms with Gasteiger partial charge in [0, 0.05) is 67.0 Å². The zero-order valence-electron chi connectivity index (χ0n) is 14.6. The Balaban J connectivity index is 0.00000484. The van der Waals surface area contributed by atoms with Crippen molar-refractivity contribution in [3.05, 3.63) is 0 Å². The molecule has 0 unspecified atom stereocenters. The Labute approximate surface area is 156 Å². The van der Waals surface area contributed by atoms with Gasteiger partial charge in [-0.25, -0.2) is 0 Å². The predicted octanol–water partition coefficient (Wildman–Crippen LogP) is 1.02. The summed E-state index contributed by atoms with van der Waals surface area (Å²) in [7, 11) is 5.21. The van der Waals surface area contributed by atoms with Crippen LogP contribution in [0.4, 0.5) is 0 Å². The summed E-state index contributed by atoms with van der Waals surface area (Å²) in [5.41, 5.74) is -0.154. The molecule has 2 N–H and O–H groups in total. The molecule has 23 heavy (non-hydrogen) atoms. The van der Waals surface area contributed by atoms with Gasteiger partial charge in [-0.2, -0.15) is 0 Å². The van der Waals surface area contributed by atoms with Crippen LogP contribution in [-0.2, 0) is 18.9 Å². The number of hydrogen-bond donors (Lipinski definition) is 2. The van der Waals surface area contributed by atoms with Gasteiger partial charge in [-0.1, -0.05) is 0 Å². The lowest BCUT2D eigenvalue weighted by Crippen LogP contribution is -2.50. The minimum absolute atomic E-state index is 0. The molecular formula is C15H32IN3O4. The second kappa shape index (κ2) is 14.2. The molecule has 0 aromatic carbocycles. The van der Waals surface area contributed by atoms with E-state index >= 15 is 0 Å². The van der Waals surface area contributed by atoms with Gasteiger partial charge in [-0.05, 0) is 6.42 Å². The Hall–Kier alpha value is -0.160. The minimum Gasteiger partial charge on any atom is -0.382 e. The van der Waals surface area contributed by atoms with Crippen molar-refractivity contribution in [1.82, 2.24) is 10.6 Å². The summed E-state index contributed by atoms with van der Waals surface area (Å²) in [5, 5.41) is 6.62. The van der Waals surface area contributed by atoms with E-state index in [1.165, 1.54) is 0 Å². The van der Waals surface area contributed by atoms with E-state index < -0.39 is 0 Å². The van der Waals surface area contributed by atoms with Gasteiger partial charge in [0.1, 0.15) is 0 Å². The molecule has 1 rings (SSSR count). The van der Waals surface area contributed by atoms with Crippen molar-refractivity contribution in [3.8, 4) is 0 Å². The van der Waals surface area contributed by atoms with Crippen LogP contribution in [0.3, 0.4) is 0 Å². The Morgan fingerprint density at radius 3 is 2.48 bits per heavy atom.